The highest BCUT2D eigenvalue weighted by molar-refractivity contribution is 5.91. The maximum Gasteiger partial charge on any atom is 0.433 e. The maximum atomic E-state index is 11.6. The zero-order valence-corrected chi connectivity index (χ0v) is 12.5. The minimum absolute atomic E-state index is 0.138. The molecule has 2 atom stereocenters. The highest BCUT2D eigenvalue weighted by atomic mass is 16.6. The molecule has 8 heteroatoms. The lowest BCUT2D eigenvalue weighted by Gasteiger charge is -2.13. The van der Waals surface area contributed by atoms with Crippen molar-refractivity contribution in [1.29, 1.82) is 0 Å². The number of hydrogen-bond acceptors (Lipinski definition) is 6. The molecule has 1 aromatic rings. The Morgan fingerprint density at radius 3 is 2.86 bits per heavy atom. The van der Waals surface area contributed by atoms with Crippen molar-refractivity contribution in [2.75, 3.05) is 19.6 Å². The summed E-state index contributed by atoms with van der Waals surface area (Å²) in [6, 6.07) is 2.62. The Bertz CT molecular complexity index is 593. The summed E-state index contributed by atoms with van der Waals surface area (Å²) in [5.41, 5.74) is 0.138. The van der Waals surface area contributed by atoms with E-state index in [1.54, 1.807) is 0 Å². The largest absolute Gasteiger partial charge is 0.433 e. The Kier molecular flexibility index (Phi) is 4.62. The van der Waals surface area contributed by atoms with Gasteiger partial charge in [-0.15, -0.1) is 0 Å². The van der Waals surface area contributed by atoms with Gasteiger partial charge in [0.05, 0.1) is 12.2 Å². The van der Waals surface area contributed by atoms with E-state index >= 15 is 0 Å². The molecule has 0 radical (unpaired) electrons. The average molecular weight is 309 g/mol. The normalized spacial score (nSPS) is 20.8. The third kappa shape index (κ3) is 4.40. The van der Waals surface area contributed by atoms with E-state index in [4.69, 9.17) is 4.42 Å². The summed E-state index contributed by atoms with van der Waals surface area (Å²) in [4.78, 5) is 23.5. The number of rotatable bonds is 7. The molecule has 1 aliphatic heterocycles. The Balaban J connectivity index is 1.72. The Hall–Kier alpha value is -2.19. The van der Waals surface area contributed by atoms with Gasteiger partial charge >= 0.3 is 5.88 Å². The first-order valence-electron chi connectivity index (χ1n) is 6.91. The van der Waals surface area contributed by atoms with E-state index in [0.717, 1.165) is 6.54 Å². The van der Waals surface area contributed by atoms with E-state index in [9.17, 15) is 20.0 Å². The Morgan fingerprint density at radius 2 is 2.32 bits per heavy atom. The van der Waals surface area contributed by atoms with Crippen LogP contribution in [-0.2, 0) is 4.79 Å². The summed E-state index contributed by atoms with van der Waals surface area (Å²) in [5.74, 6) is -0.562. The van der Waals surface area contributed by atoms with Gasteiger partial charge in [-0.05, 0) is 26.0 Å². The van der Waals surface area contributed by atoms with Crippen molar-refractivity contribution in [2.24, 2.45) is 0 Å². The molecular weight excluding hydrogens is 290 g/mol. The van der Waals surface area contributed by atoms with Crippen molar-refractivity contribution in [1.82, 2.24) is 10.2 Å². The van der Waals surface area contributed by atoms with Crippen molar-refractivity contribution in [3.63, 3.8) is 0 Å². The lowest BCUT2D eigenvalue weighted by Crippen LogP contribution is -2.35. The topological polar surface area (TPSA) is 109 Å². The molecule has 0 spiro atoms. The highest BCUT2D eigenvalue weighted by Crippen LogP contribution is 2.30. The fourth-order valence-corrected chi connectivity index (χ4v) is 2.03. The second-order valence-electron chi connectivity index (χ2n) is 5.86. The molecule has 0 bridgehead atoms. The van der Waals surface area contributed by atoms with Crippen LogP contribution in [0, 0.1) is 10.1 Å². The number of hydrogen-bond donors (Lipinski definition) is 2. The fourth-order valence-electron chi connectivity index (χ4n) is 2.03. The summed E-state index contributed by atoms with van der Waals surface area (Å²) in [6.45, 7) is 5.78. The molecule has 2 N–H and O–H groups in total. The molecule has 2 heterocycles. The molecule has 1 aliphatic rings. The molecular formula is C14H19N3O5. The van der Waals surface area contributed by atoms with E-state index in [1.165, 1.54) is 24.3 Å². The number of nitro groups is 1. The number of nitrogens with one attached hydrogen (secondary N) is 1. The summed E-state index contributed by atoms with van der Waals surface area (Å²) < 4.78 is 4.88. The third-order valence-corrected chi connectivity index (χ3v) is 3.46. The first kappa shape index (κ1) is 16.2. The first-order valence-corrected chi connectivity index (χ1v) is 6.91. The van der Waals surface area contributed by atoms with Crippen LogP contribution in [0.15, 0.2) is 22.6 Å². The van der Waals surface area contributed by atoms with Gasteiger partial charge in [-0.3, -0.25) is 19.8 Å². The minimum atomic E-state index is -0.650. The van der Waals surface area contributed by atoms with Crippen LogP contribution in [0.3, 0.4) is 0 Å². The lowest BCUT2D eigenvalue weighted by molar-refractivity contribution is -0.402. The number of β-amino-alcohol motifs (C(OH)–C–C–N with tert-alkyl or cyclic N) is 1. The number of carbonyl (C=O) groups excluding carboxylic acids is 1. The number of aliphatic hydroxyl groups is 1. The standard InChI is InChI=1S/C14H19N3O5/c1-14(2)9-16(14)8-10(18)7-15-12(19)5-3-11-4-6-13(22-11)17(20)21/h3-6,10,18H,7-9H2,1-2H3,(H,15,19)/b5-3+. The van der Waals surface area contributed by atoms with Gasteiger partial charge in [0.2, 0.25) is 5.91 Å². The minimum Gasteiger partial charge on any atom is -0.401 e. The van der Waals surface area contributed by atoms with E-state index in [-0.39, 0.29) is 23.7 Å². The predicted octanol–water partition coefficient (Wildman–Crippen LogP) is 0.772. The van der Waals surface area contributed by atoms with Crippen molar-refractivity contribution < 1.29 is 19.2 Å². The molecule has 22 heavy (non-hydrogen) atoms. The number of furan rings is 1. The SMILES string of the molecule is CC1(C)CN1CC(O)CNC(=O)/C=C/c1ccc([N+](=O)[O-])o1. The van der Waals surface area contributed by atoms with Crippen LogP contribution in [-0.4, -0.2) is 52.1 Å². The van der Waals surface area contributed by atoms with Gasteiger partial charge in [-0.1, -0.05) is 0 Å². The van der Waals surface area contributed by atoms with Gasteiger partial charge in [-0.2, -0.15) is 0 Å². The first-order chi connectivity index (χ1) is 10.3. The molecule has 1 aromatic heterocycles. The number of aliphatic hydroxyl groups excluding tert-OH is 1. The van der Waals surface area contributed by atoms with Crippen LogP contribution in [0.4, 0.5) is 5.88 Å². The number of amides is 1. The maximum absolute atomic E-state index is 11.6. The van der Waals surface area contributed by atoms with Gasteiger partial charge < -0.3 is 14.8 Å². The zero-order chi connectivity index (χ0) is 16.3. The zero-order valence-electron chi connectivity index (χ0n) is 12.5. The molecule has 1 amide bonds. The van der Waals surface area contributed by atoms with Crippen LogP contribution in [0.25, 0.3) is 6.08 Å². The molecule has 8 nitrogen and oxygen atoms in total. The predicted molar refractivity (Wildman–Crippen MR) is 79.1 cm³/mol. The third-order valence-electron chi connectivity index (χ3n) is 3.46. The van der Waals surface area contributed by atoms with E-state index < -0.39 is 16.9 Å². The molecule has 1 saturated heterocycles. The molecule has 0 aliphatic carbocycles. The molecule has 0 saturated carbocycles. The quantitative estimate of drug-likeness (QED) is 0.333. The fraction of sp³-hybridized carbons (Fsp3) is 0.500. The smallest absolute Gasteiger partial charge is 0.401 e. The van der Waals surface area contributed by atoms with Gasteiger partial charge in [0, 0.05) is 31.2 Å². The molecule has 2 rings (SSSR count). The van der Waals surface area contributed by atoms with Crippen LogP contribution < -0.4 is 5.32 Å². The number of carbonyl (C=O) groups is 1. The molecule has 2 unspecified atom stereocenters. The Morgan fingerprint density at radius 1 is 1.64 bits per heavy atom. The van der Waals surface area contributed by atoms with Crippen molar-refractivity contribution in [3.8, 4) is 0 Å². The summed E-state index contributed by atoms with van der Waals surface area (Å²) in [6.07, 6.45) is 1.91. The van der Waals surface area contributed by atoms with Crippen molar-refractivity contribution >= 4 is 17.9 Å². The summed E-state index contributed by atoms with van der Waals surface area (Å²) in [7, 11) is 0. The summed E-state index contributed by atoms with van der Waals surface area (Å²) >= 11 is 0. The van der Waals surface area contributed by atoms with Crippen LogP contribution in [0.1, 0.15) is 19.6 Å². The summed E-state index contributed by atoms with van der Waals surface area (Å²) in [5, 5.41) is 22.8. The van der Waals surface area contributed by atoms with E-state index in [0.29, 0.717) is 6.54 Å². The van der Waals surface area contributed by atoms with Crippen LogP contribution >= 0.6 is 0 Å². The molecule has 1 fully saturated rings. The molecule has 0 aromatic carbocycles. The van der Waals surface area contributed by atoms with Gasteiger partial charge in [0.15, 0.2) is 0 Å². The van der Waals surface area contributed by atoms with Crippen molar-refractivity contribution in [2.45, 2.75) is 25.5 Å². The van der Waals surface area contributed by atoms with Gasteiger partial charge in [0.1, 0.15) is 10.7 Å². The van der Waals surface area contributed by atoms with Gasteiger partial charge in [-0.25, -0.2) is 0 Å². The van der Waals surface area contributed by atoms with Crippen molar-refractivity contribution in [3.05, 3.63) is 34.1 Å². The van der Waals surface area contributed by atoms with E-state index in [2.05, 4.69) is 24.1 Å². The second kappa shape index (κ2) is 6.29. The monoisotopic (exact) mass is 309 g/mol. The average Bonchev–Trinajstić information content (AvgIpc) is 2.87. The second-order valence-corrected chi connectivity index (χ2v) is 5.86. The Labute approximate surface area is 127 Å². The molecule has 120 valence electrons. The van der Waals surface area contributed by atoms with Crippen LogP contribution in [0.2, 0.25) is 0 Å². The van der Waals surface area contributed by atoms with Gasteiger partial charge in [0.25, 0.3) is 0 Å². The number of nitrogens with zero attached hydrogens (tertiary/aromatic N) is 2. The lowest BCUT2D eigenvalue weighted by atomic mass is 10.2. The van der Waals surface area contributed by atoms with E-state index in [1.807, 2.05) is 0 Å². The highest BCUT2D eigenvalue weighted by Gasteiger charge is 2.43. The van der Waals surface area contributed by atoms with Crippen LogP contribution in [0.5, 0.6) is 0 Å².